The van der Waals surface area contributed by atoms with Gasteiger partial charge < -0.3 is 5.32 Å². The maximum absolute atomic E-state index is 4.82. The highest BCUT2D eigenvalue weighted by Crippen LogP contribution is 2.40. The molecule has 0 amide bonds. The van der Waals surface area contributed by atoms with Crippen LogP contribution in [0.5, 0.6) is 0 Å². The first-order valence-electron chi connectivity index (χ1n) is 7.06. The third kappa shape index (κ3) is 2.07. The molecular weight excluding hydrogens is 210 g/mol. The van der Waals surface area contributed by atoms with E-state index in [4.69, 9.17) is 5.10 Å². The lowest BCUT2D eigenvalue weighted by atomic mass is 10.0. The van der Waals surface area contributed by atoms with Crippen molar-refractivity contribution >= 4 is 5.82 Å². The molecule has 1 N–H and O–H groups in total. The van der Waals surface area contributed by atoms with Gasteiger partial charge in [0.25, 0.3) is 0 Å². The molecule has 94 valence electrons. The fraction of sp³-hybridized carbons (Fsp3) is 0.786. The molecule has 2 atom stereocenters. The Labute approximate surface area is 104 Å². The lowest BCUT2D eigenvalue weighted by molar-refractivity contribution is 0.345. The lowest BCUT2D eigenvalue weighted by Gasteiger charge is -2.28. The van der Waals surface area contributed by atoms with Crippen molar-refractivity contribution in [2.75, 3.05) is 11.9 Å². The molecule has 3 rings (SSSR count). The van der Waals surface area contributed by atoms with Crippen LogP contribution in [0.25, 0.3) is 0 Å². The molecule has 2 aliphatic rings. The van der Waals surface area contributed by atoms with Crippen molar-refractivity contribution in [3.63, 3.8) is 0 Å². The molecule has 1 aliphatic carbocycles. The van der Waals surface area contributed by atoms with Crippen LogP contribution in [0.3, 0.4) is 0 Å². The molecule has 2 heterocycles. The lowest BCUT2D eigenvalue weighted by Crippen LogP contribution is -2.29. The zero-order valence-electron chi connectivity index (χ0n) is 10.9. The van der Waals surface area contributed by atoms with E-state index in [0.29, 0.717) is 6.04 Å². The van der Waals surface area contributed by atoms with Gasteiger partial charge in [-0.15, -0.1) is 0 Å². The van der Waals surface area contributed by atoms with Crippen LogP contribution in [0.2, 0.25) is 0 Å². The van der Waals surface area contributed by atoms with Crippen molar-refractivity contribution in [1.29, 1.82) is 0 Å². The first-order chi connectivity index (χ1) is 8.24. The van der Waals surface area contributed by atoms with E-state index in [1.54, 1.807) is 0 Å². The van der Waals surface area contributed by atoms with Gasteiger partial charge in [0.1, 0.15) is 5.82 Å². The van der Waals surface area contributed by atoms with Gasteiger partial charge in [-0.25, -0.2) is 4.68 Å². The third-order valence-electron chi connectivity index (χ3n) is 4.24. The van der Waals surface area contributed by atoms with Gasteiger partial charge in [-0.05, 0) is 37.5 Å². The Hall–Kier alpha value is -0.990. The maximum atomic E-state index is 4.82. The molecule has 3 heteroatoms. The second-order valence-corrected chi connectivity index (χ2v) is 6.04. The summed E-state index contributed by atoms with van der Waals surface area (Å²) >= 11 is 0. The number of fused-ring (bicyclic) bond motifs is 3. The summed E-state index contributed by atoms with van der Waals surface area (Å²) < 4.78 is 2.27. The van der Waals surface area contributed by atoms with E-state index in [1.165, 1.54) is 37.2 Å². The summed E-state index contributed by atoms with van der Waals surface area (Å²) in [4.78, 5) is 0. The zero-order chi connectivity index (χ0) is 11.8. The summed E-state index contributed by atoms with van der Waals surface area (Å²) in [7, 11) is 0. The molecular formula is C14H23N3. The number of hydrogen-bond donors (Lipinski definition) is 1. The number of hydrogen-bond acceptors (Lipinski definition) is 2. The summed E-state index contributed by atoms with van der Waals surface area (Å²) in [6, 6.07) is 2.94. The van der Waals surface area contributed by atoms with Gasteiger partial charge in [0.2, 0.25) is 0 Å². The minimum absolute atomic E-state index is 0.680. The number of anilines is 1. The number of aromatic nitrogens is 2. The van der Waals surface area contributed by atoms with E-state index in [2.05, 4.69) is 29.9 Å². The van der Waals surface area contributed by atoms with Crippen molar-refractivity contribution in [2.45, 2.75) is 52.0 Å². The monoisotopic (exact) mass is 233 g/mol. The Bertz CT molecular complexity index is 394. The molecule has 0 spiro atoms. The van der Waals surface area contributed by atoms with Gasteiger partial charge in [0.15, 0.2) is 0 Å². The summed E-state index contributed by atoms with van der Waals surface area (Å²) in [5.41, 5.74) is 1.27. The van der Waals surface area contributed by atoms with E-state index in [9.17, 15) is 0 Å². The minimum Gasteiger partial charge on any atom is -0.370 e. The molecule has 0 aromatic carbocycles. The fourth-order valence-electron chi connectivity index (χ4n) is 3.20. The van der Waals surface area contributed by atoms with Crippen LogP contribution in [0.15, 0.2) is 6.07 Å². The fourth-order valence-corrected chi connectivity index (χ4v) is 3.20. The normalized spacial score (nSPS) is 26.8. The summed E-state index contributed by atoms with van der Waals surface area (Å²) in [5, 5.41) is 8.36. The topological polar surface area (TPSA) is 29.9 Å². The van der Waals surface area contributed by atoms with Crippen LogP contribution in [0.4, 0.5) is 5.82 Å². The first kappa shape index (κ1) is 11.1. The van der Waals surface area contributed by atoms with Crippen LogP contribution >= 0.6 is 0 Å². The van der Waals surface area contributed by atoms with Crippen LogP contribution in [-0.2, 0) is 6.42 Å². The van der Waals surface area contributed by atoms with E-state index < -0.39 is 0 Å². The summed E-state index contributed by atoms with van der Waals surface area (Å²) in [5.74, 6) is 2.84. The standard InChI is InChI=1S/C14H23N3/c1-10(2)6-7-12-8-14-15-9-11-4-3-5-13(11)17(14)16-12/h8,10-11,13,15H,3-7,9H2,1-2H3. The predicted molar refractivity (Wildman–Crippen MR) is 70.3 cm³/mol. The van der Waals surface area contributed by atoms with Crippen molar-refractivity contribution < 1.29 is 0 Å². The van der Waals surface area contributed by atoms with E-state index in [0.717, 1.165) is 24.8 Å². The Balaban J connectivity index is 1.78. The molecule has 0 bridgehead atoms. The van der Waals surface area contributed by atoms with Crippen molar-refractivity contribution in [2.24, 2.45) is 11.8 Å². The molecule has 2 unspecified atom stereocenters. The van der Waals surface area contributed by atoms with Crippen LogP contribution in [0, 0.1) is 11.8 Å². The number of nitrogens with zero attached hydrogens (tertiary/aromatic N) is 2. The second-order valence-electron chi connectivity index (χ2n) is 6.04. The minimum atomic E-state index is 0.680. The molecule has 1 aromatic heterocycles. The SMILES string of the molecule is CC(C)CCc1cc2n(n1)C1CCCC1CN2. The molecule has 1 fully saturated rings. The Morgan fingerprint density at radius 2 is 2.35 bits per heavy atom. The summed E-state index contributed by atoms with van der Waals surface area (Å²) in [6.07, 6.45) is 6.43. The average Bonchev–Trinajstić information content (AvgIpc) is 2.91. The summed E-state index contributed by atoms with van der Waals surface area (Å²) in [6.45, 7) is 5.71. The van der Waals surface area contributed by atoms with E-state index >= 15 is 0 Å². The highest BCUT2D eigenvalue weighted by Gasteiger charge is 2.34. The molecule has 1 aromatic rings. The zero-order valence-corrected chi connectivity index (χ0v) is 10.9. The first-order valence-corrected chi connectivity index (χ1v) is 7.06. The van der Waals surface area contributed by atoms with Crippen molar-refractivity contribution in [1.82, 2.24) is 9.78 Å². The molecule has 1 aliphatic heterocycles. The van der Waals surface area contributed by atoms with Gasteiger partial charge in [0, 0.05) is 12.6 Å². The van der Waals surface area contributed by atoms with Crippen molar-refractivity contribution in [3.8, 4) is 0 Å². The quantitative estimate of drug-likeness (QED) is 0.868. The van der Waals surface area contributed by atoms with Crippen LogP contribution in [-0.4, -0.2) is 16.3 Å². The van der Waals surface area contributed by atoms with Crippen LogP contribution in [0.1, 0.15) is 51.3 Å². The highest BCUT2D eigenvalue weighted by molar-refractivity contribution is 5.40. The largest absolute Gasteiger partial charge is 0.370 e. The van der Waals surface area contributed by atoms with Crippen LogP contribution < -0.4 is 5.32 Å². The predicted octanol–water partition coefficient (Wildman–Crippen LogP) is 3.24. The van der Waals surface area contributed by atoms with Gasteiger partial charge in [-0.3, -0.25) is 0 Å². The van der Waals surface area contributed by atoms with Crippen molar-refractivity contribution in [3.05, 3.63) is 11.8 Å². The molecule has 0 saturated heterocycles. The van der Waals surface area contributed by atoms with Gasteiger partial charge >= 0.3 is 0 Å². The Kier molecular flexibility index (Phi) is 2.85. The van der Waals surface area contributed by atoms with E-state index in [-0.39, 0.29) is 0 Å². The van der Waals surface area contributed by atoms with E-state index in [1.807, 2.05) is 0 Å². The highest BCUT2D eigenvalue weighted by atomic mass is 15.4. The van der Waals surface area contributed by atoms with Gasteiger partial charge in [-0.2, -0.15) is 5.10 Å². The average molecular weight is 233 g/mol. The molecule has 1 saturated carbocycles. The molecule has 17 heavy (non-hydrogen) atoms. The Morgan fingerprint density at radius 1 is 1.47 bits per heavy atom. The smallest absolute Gasteiger partial charge is 0.124 e. The second kappa shape index (κ2) is 4.35. The Morgan fingerprint density at radius 3 is 3.18 bits per heavy atom. The number of aryl methyl sites for hydroxylation is 1. The van der Waals surface area contributed by atoms with Gasteiger partial charge in [0.05, 0.1) is 11.7 Å². The number of rotatable bonds is 3. The number of nitrogens with one attached hydrogen (secondary N) is 1. The maximum Gasteiger partial charge on any atom is 0.124 e. The molecule has 3 nitrogen and oxygen atoms in total. The third-order valence-corrected chi connectivity index (χ3v) is 4.24. The molecule has 0 radical (unpaired) electrons. The van der Waals surface area contributed by atoms with Gasteiger partial charge in [-0.1, -0.05) is 20.3 Å².